The van der Waals surface area contributed by atoms with Crippen LogP contribution in [0, 0.1) is 0 Å². The molecule has 0 spiro atoms. The van der Waals surface area contributed by atoms with E-state index < -0.39 is 17.9 Å². The summed E-state index contributed by atoms with van der Waals surface area (Å²) < 4.78 is 0. The minimum absolute atomic E-state index is 0.153. The normalized spacial score (nSPS) is 9.56. The minimum atomic E-state index is -1.09. The van der Waals surface area contributed by atoms with Crippen molar-refractivity contribution in [3.63, 3.8) is 0 Å². The number of carboxylic acid groups (broad SMARTS) is 1. The molecule has 8 heteroatoms. The van der Waals surface area contributed by atoms with Gasteiger partial charge in [0.15, 0.2) is 0 Å². The van der Waals surface area contributed by atoms with Crippen molar-refractivity contribution in [3.8, 4) is 0 Å². The van der Waals surface area contributed by atoms with Crippen LogP contribution in [0.25, 0.3) is 0 Å². The maximum Gasteiger partial charge on any atom is 0.321 e. The molecule has 0 aromatic carbocycles. The zero-order chi connectivity index (χ0) is 13.4. The Bertz CT molecular complexity index is 435. The standard InChI is InChI=1S/C10H12N4O4/c15-8(1-2-9(16)17)14-10(18)12-5-7-3-4-11-6-13-7/h3-4,6H,1-2,5H2,(H,16,17)(H2,12,14,15,18). The molecule has 96 valence electrons. The van der Waals surface area contributed by atoms with Crippen molar-refractivity contribution < 1.29 is 19.5 Å². The molecule has 0 aliphatic carbocycles. The van der Waals surface area contributed by atoms with Gasteiger partial charge in [0.2, 0.25) is 5.91 Å². The van der Waals surface area contributed by atoms with Crippen LogP contribution in [0.5, 0.6) is 0 Å². The minimum Gasteiger partial charge on any atom is -0.481 e. The predicted molar refractivity (Wildman–Crippen MR) is 59.3 cm³/mol. The monoisotopic (exact) mass is 252 g/mol. The first-order chi connectivity index (χ1) is 8.58. The van der Waals surface area contributed by atoms with Gasteiger partial charge in [0, 0.05) is 12.6 Å². The number of hydrogen-bond acceptors (Lipinski definition) is 5. The van der Waals surface area contributed by atoms with Crippen LogP contribution in [-0.2, 0) is 16.1 Å². The number of urea groups is 1. The van der Waals surface area contributed by atoms with Crippen LogP contribution < -0.4 is 10.6 Å². The fourth-order valence-electron chi connectivity index (χ4n) is 1.05. The van der Waals surface area contributed by atoms with E-state index in [2.05, 4.69) is 15.3 Å². The van der Waals surface area contributed by atoms with Gasteiger partial charge in [-0.3, -0.25) is 14.9 Å². The lowest BCUT2D eigenvalue weighted by molar-refractivity contribution is -0.138. The molecule has 8 nitrogen and oxygen atoms in total. The zero-order valence-corrected chi connectivity index (χ0v) is 9.42. The Balaban J connectivity index is 2.25. The van der Waals surface area contributed by atoms with Gasteiger partial charge in [0.25, 0.3) is 0 Å². The topological polar surface area (TPSA) is 121 Å². The zero-order valence-electron chi connectivity index (χ0n) is 9.42. The Morgan fingerprint density at radius 3 is 2.67 bits per heavy atom. The maximum absolute atomic E-state index is 11.2. The van der Waals surface area contributed by atoms with Gasteiger partial charge in [-0.1, -0.05) is 0 Å². The maximum atomic E-state index is 11.2. The Morgan fingerprint density at radius 2 is 2.06 bits per heavy atom. The fourth-order valence-corrected chi connectivity index (χ4v) is 1.05. The quantitative estimate of drug-likeness (QED) is 0.659. The van der Waals surface area contributed by atoms with Gasteiger partial charge < -0.3 is 10.4 Å². The summed E-state index contributed by atoms with van der Waals surface area (Å²) in [5.41, 5.74) is 0.595. The molecule has 0 aliphatic rings. The predicted octanol–water partition coefficient (Wildman–Crippen LogP) is -0.333. The number of carbonyl (C=O) groups is 3. The molecular weight excluding hydrogens is 240 g/mol. The van der Waals surface area contributed by atoms with Crippen molar-refractivity contribution in [1.29, 1.82) is 0 Å². The molecule has 1 heterocycles. The van der Waals surface area contributed by atoms with E-state index in [1.807, 2.05) is 5.32 Å². The Hall–Kier alpha value is -2.51. The molecule has 18 heavy (non-hydrogen) atoms. The Kier molecular flexibility index (Phi) is 5.23. The molecule has 3 amide bonds. The van der Waals surface area contributed by atoms with Crippen LogP contribution >= 0.6 is 0 Å². The Morgan fingerprint density at radius 1 is 1.28 bits per heavy atom. The molecule has 3 N–H and O–H groups in total. The fraction of sp³-hybridized carbons (Fsp3) is 0.300. The summed E-state index contributed by atoms with van der Waals surface area (Å²) in [5.74, 6) is -1.73. The number of nitrogens with zero attached hydrogens (tertiary/aromatic N) is 2. The second-order valence-corrected chi connectivity index (χ2v) is 3.33. The number of carboxylic acids is 1. The van der Waals surface area contributed by atoms with E-state index in [1.165, 1.54) is 12.5 Å². The summed E-state index contributed by atoms with van der Waals surface area (Å²) in [4.78, 5) is 40.1. The van der Waals surface area contributed by atoms with Gasteiger partial charge in [0.05, 0.1) is 18.7 Å². The van der Waals surface area contributed by atoms with Crippen LogP contribution in [0.1, 0.15) is 18.5 Å². The third-order valence-corrected chi connectivity index (χ3v) is 1.89. The molecule has 0 saturated heterocycles. The van der Waals surface area contributed by atoms with Gasteiger partial charge in [-0.05, 0) is 6.07 Å². The average Bonchev–Trinajstić information content (AvgIpc) is 2.35. The lowest BCUT2D eigenvalue weighted by Gasteiger charge is -2.05. The van der Waals surface area contributed by atoms with Gasteiger partial charge in [0.1, 0.15) is 6.33 Å². The third-order valence-electron chi connectivity index (χ3n) is 1.89. The van der Waals surface area contributed by atoms with Gasteiger partial charge in [-0.25, -0.2) is 14.8 Å². The first-order valence-corrected chi connectivity index (χ1v) is 5.12. The van der Waals surface area contributed by atoms with Crippen molar-refractivity contribution in [2.24, 2.45) is 0 Å². The van der Waals surface area contributed by atoms with E-state index in [-0.39, 0.29) is 19.4 Å². The lowest BCUT2D eigenvalue weighted by atomic mass is 10.3. The molecule has 0 aliphatic heterocycles. The summed E-state index contributed by atoms with van der Waals surface area (Å²) in [6.07, 6.45) is 2.31. The SMILES string of the molecule is O=C(O)CCC(=O)NC(=O)NCc1ccncn1. The van der Waals surface area contributed by atoms with Gasteiger partial charge in [-0.2, -0.15) is 0 Å². The summed E-state index contributed by atoms with van der Waals surface area (Å²) in [7, 11) is 0. The van der Waals surface area contributed by atoms with Gasteiger partial charge >= 0.3 is 12.0 Å². The summed E-state index contributed by atoms with van der Waals surface area (Å²) >= 11 is 0. The number of rotatable bonds is 5. The highest BCUT2D eigenvalue weighted by Gasteiger charge is 2.09. The van der Waals surface area contributed by atoms with E-state index in [4.69, 9.17) is 5.11 Å². The van der Waals surface area contributed by atoms with Crippen LogP contribution in [0.4, 0.5) is 4.79 Å². The van der Waals surface area contributed by atoms with E-state index in [9.17, 15) is 14.4 Å². The molecule has 0 saturated carbocycles. The second-order valence-electron chi connectivity index (χ2n) is 3.33. The van der Waals surface area contributed by atoms with E-state index in [0.717, 1.165) is 0 Å². The van der Waals surface area contributed by atoms with Crippen molar-refractivity contribution in [2.45, 2.75) is 19.4 Å². The van der Waals surface area contributed by atoms with E-state index >= 15 is 0 Å². The van der Waals surface area contributed by atoms with Crippen molar-refractivity contribution in [3.05, 3.63) is 24.3 Å². The first kappa shape index (κ1) is 13.6. The number of amides is 3. The highest BCUT2D eigenvalue weighted by Crippen LogP contribution is 1.90. The van der Waals surface area contributed by atoms with Crippen LogP contribution in [0.3, 0.4) is 0 Å². The smallest absolute Gasteiger partial charge is 0.321 e. The van der Waals surface area contributed by atoms with Crippen molar-refractivity contribution in [2.75, 3.05) is 0 Å². The molecule has 0 fully saturated rings. The van der Waals surface area contributed by atoms with Crippen LogP contribution in [0.2, 0.25) is 0 Å². The van der Waals surface area contributed by atoms with Crippen molar-refractivity contribution >= 4 is 17.9 Å². The van der Waals surface area contributed by atoms with E-state index in [1.54, 1.807) is 6.07 Å². The van der Waals surface area contributed by atoms with Crippen LogP contribution in [-0.4, -0.2) is 33.0 Å². The number of nitrogens with one attached hydrogen (secondary N) is 2. The highest BCUT2D eigenvalue weighted by atomic mass is 16.4. The lowest BCUT2D eigenvalue weighted by Crippen LogP contribution is -2.39. The molecule has 0 radical (unpaired) electrons. The average molecular weight is 252 g/mol. The number of aromatic nitrogens is 2. The molecule has 1 aromatic rings. The number of imide groups is 1. The van der Waals surface area contributed by atoms with Crippen molar-refractivity contribution in [1.82, 2.24) is 20.6 Å². The number of carbonyl (C=O) groups excluding carboxylic acids is 2. The van der Waals surface area contributed by atoms with Crippen LogP contribution in [0.15, 0.2) is 18.6 Å². The second kappa shape index (κ2) is 6.94. The molecule has 0 atom stereocenters. The summed E-state index contributed by atoms with van der Waals surface area (Å²) in [6.45, 7) is 0.153. The number of hydrogen-bond donors (Lipinski definition) is 3. The molecular formula is C10H12N4O4. The Labute approximate surface area is 102 Å². The molecule has 1 aromatic heterocycles. The largest absolute Gasteiger partial charge is 0.481 e. The summed E-state index contributed by atoms with van der Waals surface area (Å²) in [6, 6.07) is 0.927. The molecule has 0 unspecified atom stereocenters. The molecule has 0 bridgehead atoms. The number of aliphatic carboxylic acids is 1. The first-order valence-electron chi connectivity index (χ1n) is 5.12. The summed E-state index contributed by atoms with van der Waals surface area (Å²) in [5, 5.41) is 12.8. The molecule has 1 rings (SSSR count). The highest BCUT2D eigenvalue weighted by molar-refractivity contribution is 5.95. The third kappa shape index (κ3) is 5.54. The van der Waals surface area contributed by atoms with Gasteiger partial charge in [-0.15, -0.1) is 0 Å². The van der Waals surface area contributed by atoms with E-state index in [0.29, 0.717) is 5.69 Å².